The highest BCUT2D eigenvalue weighted by Gasteiger charge is 2.22. The number of halogens is 1. The van der Waals surface area contributed by atoms with Gasteiger partial charge in [-0.3, -0.25) is 4.79 Å². The molecule has 3 N–H and O–H groups in total. The fourth-order valence-corrected chi connectivity index (χ4v) is 5.72. The summed E-state index contributed by atoms with van der Waals surface area (Å²) in [6.45, 7) is 11.7. The molecule has 0 aliphatic heterocycles. The maximum Gasteiger partial charge on any atom is 0.407 e. The zero-order chi connectivity index (χ0) is 41.2. The lowest BCUT2D eigenvalue weighted by Crippen LogP contribution is -2.33. The monoisotopic (exact) mass is 797 g/mol. The summed E-state index contributed by atoms with van der Waals surface area (Å²) in [6, 6.07) is 26.6. The van der Waals surface area contributed by atoms with Gasteiger partial charge in [-0.2, -0.15) is 0 Å². The first-order valence-electron chi connectivity index (χ1n) is 18.6. The third kappa shape index (κ3) is 12.8. The van der Waals surface area contributed by atoms with Gasteiger partial charge in [0.2, 0.25) is 0 Å². The molecule has 0 aromatic heterocycles. The molecule has 12 nitrogen and oxygen atoms in total. The van der Waals surface area contributed by atoms with Crippen molar-refractivity contribution in [1.82, 2.24) is 10.6 Å². The lowest BCUT2D eigenvalue weighted by Gasteiger charge is -2.19. The second-order valence-electron chi connectivity index (χ2n) is 15.1. The van der Waals surface area contributed by atoms with Gasteiger partial charge in [-0.15, -0.1) is 0 Å². The van der Waals surface area contributed by atoms with Crippen molar-refractivity contribution in [2.45, 2.75) is 65.6 Å². The largest absolute Gasteiger partial charge is 0.493 e. The molecule has 0 unspecified atom stereocenters. The molecule has 0 radical (unpaired) electrons. The molecule has 5 aromatic carbocycles. The molecule has 0 saturated heterocycles. The Hall–Kier alpha value is -6.01. The predicted octanol–water partition coefficient (Wildman–Crippen LogP) is 9.71. The molecule has 300 valence electrons. The van der Waals surface area contributed by atoms with Crippen LogP contribution in [0.1, 0.15) is 75.1 Å². The number of hydrogen-bond acceptors (Lipinski definition) is 9. The molecule has 3 amide bonds. The van der Waals surface area contributed by atoms with Crippen molar-refractivity contribution in [2.75, 3.05) is 31.6 Å². The van der Waals surface area contributed by atoms with Crippen LogP contribution >= 0.6 is 11.6 Å². The van der Waals surface area contributed by atoms with Crippen LogP contribution in [-0.2, 0) is 9.47 Å². The lowest BCUT2D eigenvalue weighted by molar-refractivity contribution is 0.0513. The van der Waals surface area contributed by atoms with Crippen LogP contribution in [-0.4, -0.2) is 61.6 Å². The Bertz CT molecular complexity index is 2250. The Kier molecular flexibility index (Phi) is 13.9. The summed E-state index contributed by atoms with van der Waals surface area (Å²) >= 11 is 6.37. The third-order valence-electron chi connectivity index (χ3n) is 8.05. The molecular weight excluding hydrogens is 750 g/mol. The summed E-state index contributed by atoms with van der Waals surface area (Å²) in [7, 11) is 0. The van der Waals surface area contributed by atoms with E-state index >= 15 is 0 Å². The van der Waals surface area contributed by atoms with E-state index in [1.165, 1.54) is 6.07 Å². The zero-order valence-electron chi connectivity index (χ0n) is 33.0. The number of carbonyl (C=O) groups is 4. The van der Waals surface area contributed by atoms with Gasteiger partial charge in [0.05, 0.1) is 24.5 Å². The number of benzene rings is 5. The Labute approximate surface area is 337 Å². The van der Waals surface area contributed by atoms with Gasteiger partial charge in [-0.1, -0.05) is 60.1 Å². The Morgan fingerprint density at radius 1 is 0.579 bits per heavy atom. The summed E-state index contributed by atoms with van der Waals surface area (Å²) in [5.74, 6) is -0.636. The summed E-state index contributed by atoms with van der Waals surface area (Å²) in [6.07, 6.45) is -0.166. The number of ether oxygens (including phenoxy) is 5. The summed E-state index contributed by atoms with van der Waals surface area (Å²) < 4.78 is 28.6. The average Bonchev–Trinajstić information content (AvgIpc) is 3.13. The van der Waals surface area contributed by atoms with Crippen molar-refractivity contribution in [2.24, 2.45) is 0 Å². The lowest BCUT2D eigenvalue weighted by atomic mass is 10.0. The molecule has 0 bridgehead atoms. The van der Waals surface area contributed by atoms with E-state index < -0.39 is 35.3 Å². The molecule has 0 spiro atoms. The van der Waals surface area contributed by atoms with Crippen LogP contribution < -0.4 is 30.2 Å². The van der Waals surface area contributed by atoms with Gasteiger partial charge >= 0.3 is 18.2 Å². The number of carbonyl (C=O) groups excluding carboxylic acids is 4. The highest BCUT2D eigenvalue weighted by atomic mass is 35.5. The van der Waals surface area contributed by atoms with Crippen LogP contribution in [0.25, 0.3) is 21.5 Å². The number of esters is 1. The predicted molar refractivity (Wildman–Crippen MR) is 221 cm³/mol. The van der Waals surface area contributed by atoms with Gasteiger partial charge < -0.3 is 39.6 Å². The zero-order valence-corrected chi connectivity index (χ0v) is 33.7. The third-order valence-corrected chi connectivity index (χ3v) is 8.28. The number of nitrogens with one attached hydrogen (secondary N) is 3. The van der Waals surface area contributed by atoms with Crippen LogP contribution in [0.15, 0.2) is 91.0 Å². The van der Waals surface area contributed by atoms with Crippen molar-refractivity contribution >= 4 is 62.9 Å². The van der Waals surface area contributed by atoms with E-state index in [0.29, 0.717) is 31.7 Å². The molecule has 5 rings (SSSR count). The van der Waals surface area contributed by atoms with E-state index in [0.717, 1.165) is 21.5 Å². The molecule has 13 heteroatoms. The molecule has 5 aromatic rings. The van der Waals surface area contributed by atoms with Crippen molar-refractivity contribution in [3.63, 3.8) is 0 Å². The van der Waals surface area contributed by atoms with Crippen molar-refractivity contribution in [1.29, 1.82) is 0 Å². The molecule has 0 saturated carbocycles. The van der Waals surface area contributed by atoms with Crippen LogP contribution in [0.4, 0.5) is 15.3 Å². The van der Waals surface area contributed by atoms with Crippen LogP contribution in [0.5, 0.6) is 17.2 Å². The molecule has 0 fully saturated rings. The highest BCUT2D eigenvalue weighted by molar-refractivity contribution is 6.31. The summed E-state index contributed by atoms with van der Waals surface area (Å²) in [4.78, 5) is 52.0. The van der Waals surface area contributed by atoms with Gasteiger partial charge in [0.25, 0.3) is 5.91 Å². The van der Waals surface area contributed by atoms with Crippen LogP contribution in [0.3, 0.4) is 0 Å². The first-order valence-corrected chi connectivity index (χ1v) is 19.0. The maximum absolute atomic E-state index is 14.0. The smallest absolute Gasteiger partial charge is 0.407 e. The fourth-order valence-electron chi connectivity index (χ4n) is 5.56. The maximum atomic E-state index is 14.0. The standard InChI is InChI=1S/C44H48ClN3O9/c1-43(2,3)56-41(51)46-19-11-21-53-36-25-30-15-9-7-13-28(30)23-33(36)39(49)48-35-18-17-32(45)27-38(35)55-40(50)34-24-29-14-8-10-16-31(29)26-37(34)54-22-12-20-47-42(52)57-44(4,5)6/h7-10,13-18,23-27H,11-12,19-22H2,1-6H3,(H,46,51)(H,47,52)(H,48,49). The molecule has 57 heavy (non-hydrogen) atoms. The molecule has 0 atom stereocenters. The SMILES string of the molecule is CC(C)(C)OC(=O)NCCCOc1cc2ccccc2cc1C(=O)Nc1ccc(Cl)cc1OC(=O)c1cc2ccccc2cc1OCCCNC(=O)OC(C)(C)C. The van der Waals surface area contributed by atoms with E-state index in [2.05, 4.69) is 16.0 Å². The molecule has 0 heterocycles. The first kappa shape index (κ1) is 42.1. The molecular formula is C44H48ClN3O9. The van der Waals surface area contributed by atoms with Gasteiger partial charge in [0.1, 0.15) is 28.3 Å². The van der Waals surface area contributed by atoms with Crippen LogP contribution in [0, 0.1) is 0 Å². The topological polar surface area (TPSA) is 151 Å². The van der Waals surface area contributed by atoms with E-state index in [1.807, 2.05) is 48.5 Å². The number of anilines is 1. The highest BCUT2D eigenvalue weighted by Crippen LogP contribution is 2.34. The molecule has 0 aliphatic rings. The Morgan fingerprint density at radius 3 is 1.53 bits per heavy atom. The van der Waals surface area contributed by atoms with Gasteiger partial charge in [-0.05, 0) is 112 Å². The summed E-state index contributed by atoms with van der Waals surface area (Å²) in [5.41, 5.74) is -0.654. The number of hydrogen-bond donors (Lipinski definition) is 3. The van der Waals surface area contributed by atoms with E-state index in [4.69, 9.17) is 35.3 Å². The van der Waals surface area contributed by atoms with Gasteiger partial charge in [-0.25, -0.2) is 14.4 Å². The van der Waals surface area contributed by atoms with Crippen LogP contribution in [0.2, 0.25) is 5.02 Å². The van der Waals surface area contributed by atoms with Gasteiger partial charge in [0.15, 0.2) is 5.75 Å². The van der Waals surface area contributed by atoms with Crippen molar-refractivity contribution in [3.05, 3.63) is 107 Å². The Balaban J connectivity index is 1.31. The van der Waals surface area contributed by atoms with E-state index in [9.17, 15) is 19.2 Å². The minimum atomic E-state index is -0.741. The summed E-state index contributed by atoms with van der Waals surface area (Å²) in [5, 5.41) is 11.8. The fraction of sp³-hybridized carbons (Fsp3) is 0.318. The quantitative estimate of drug-likeness (QED) is 0.0567. The minimum absolute atomic E-state index is 0.0120. The number of fused-ring (bicyclic) bond motifs is 2. The van der Waals surface area contributed by atoms with Gasteiger partial charge in [0, 0.05) is 24.2 Å². The molecule has 0 aliphatic carbocycles. The number of alkyl carbamates (subject to hydrolysis) is 2. The first-order chi connectivity index (χ1) is 27.0. The number of rotatable bonds is 14. The second kappa shape index (κ2) is 18.8. The van der Waals surface area contributed by atoms with E-state index in [-0.39, 0.29) is 46.5 Å². The van der Waals surface area contributed by atoms with Crippen molar-refractivity contribution < 1.29 is 42.9 Å². The second-order valence-corrected chi connectivity index (χ2v) is 15.6. The van der Waals surface area contributed by atoms with E-state index in [1.54, 1.807) is 77.9 Å². The normalized spacial score (nSPS) is 11.4. The number of amides is 3. The van der Waals surface area contributed by atoms with Crippen molar-refractivity contribution in [3.8, 4) is 17.2 Å². The minimum Gasteiger partial charge on any atom is -0.493 e. The Morgan fingerprint density at radius 2 is 1.04 bits per heavy atom. The average molecular weight is 798 g/mol.